The van der Waals surface area contributed by atoms with Crippen molar-refractivity contribution in [3.8, 4) is 0 Å². The van der Waals surface area contributed by atoms with Crippen LogP contribution in [0.15, 0.2) is 16.0 Å². The lowest BCUT2D eigenvalue weighted by atomic mass is 10.3. The monoisotopic (exact) mass is 282 g/mol. The minimum Gasteiger partial charge on any atom is -0.339 e. The summed E-state index contributed by atoms with van der Waals surface area (Å²) in [7, 11) is 0. The van der Waals surface area contributed by atoms with E-state index in [1.54, 1.807) is 6.92 Å². The summed E-state index contributed by atoms with van der Waals surface area (Å²) in [5.74, 6) is 0.0932. The molecule has 0 aromatic carbocycles. The molecule has 0 spiro atoms. The lowest BCUT2D eigenvalue weighted by Crippen LogP contribution is -2.48. The van der Waals surface area contributed by atoms with Gasteiger partial charge >= 0.3 is 0 Å². The molecule has 1 unspecified atom stereocenters. The van der Waals surface area contributed by atoms with Crippen molar-refractivity contribution in [1.82, 2.24) is 20.2 Å². The molecule has 7 heteroatoms. The quantitative estimate of drug-likeness (QED) is 0.602. The van der Waals surface area contributed by atoms with Crippen molar-refractivity contribution >= 4 is 17.7 Å². The number of carbonyl (C=O) groups excluding carboxylic acids is 1. The Morgan fingerprint density at radius 2 is 2.16 bits per heavy atom. The van der Waals surface area contributed by atoms with E-state index >= 15 is 0 Å². The van der Waals surface area contributed by atoms with Crippen LogP contribution < -0.4 is 10.9 Å². The van der Waals surface area contributed by atoms with Gasteiger partial charge in [-0.05, 0) is 13.8 Å². The van der Waals surface area contributed by atoms with Crippen molar-refractivity contribution in [3.05, 3.63) is 22.1 Å². The van der Waals surface area contributed by atoms with Gasteiger partial charge in [0.05, 0.1) is 5.25 Å². The first-order valence-corrected chi connectivity index (χ1v) is 7.18. The van der Waals surface area contributed by atoms with E-state index in [0.717, 1.165) is 26.2 Å². The Labute approximate surface area is 116 Å². The number of rotatable bonds is 3. The van der Waals surface area contributed by atoms with Gasteiger partial charge in [0.15, 0.2) is 5.16 Å². The van der Waals surface area contributed by atoms with Gasteiger partial charge in [0, 0.05) is 37.9 Å². The van der Waals surface area contributed by atoms with Gasteiger partial charge in [0.2, 0.25) is 5.91 Å². The zero-order valence-corrected chi connectivity index (χ0v) is 11.9. The Hall–Kier alpha value is -1.34. The van der Waals surface area contributed by atoms with Gasteiger partial charge in [0.1, 0.15) is 0 Å². The van der Waals surface area contributed by atoms with E-state index in [4.69, 9.17) is 0 Å². The molecule has 1 aliphatic heterocycles. The zero-order valence-electron chi connectivity index (χ0n) is 11.1. The minimum absolute atomic E-state index is 0.0932. The van der Waals surface area contributed by atoms with Gasteiger partial charge in [-0.25, -0.2) is 4.98 Å². The number of thioether (sulfide) groups is 1. The number of nitrogens with zero attached hydrogens (tertiary/aromatic N) is 2. The van der Waals surface area contributed by atoms with Crippen LogP contribution in [-0.2, 0) is 4.79 Å². The van der Waals surface area contributed by atoms with Crippen LogP contribution >= 0.6 is 11.8 Å². The first kappa shape index (κ1) is 14.1. The van der Waals surface area contributed by atoms with E-state index in [-0.39, 0.29) is 16.7 Å². The molecule has 0 radical (unpaired) electrons. The van der Waals surface area contributed by atoms with Gasteiger partial charge in [-0.2, -0.15) is 0 Å². The second-order valence-corrected chi connectivity index (χ2v) is 5.86. The predicted octanol–water partition coefficient (Wildman–Crippen LogP) is -0.00928. The molecule has 2 heterocycles. The summed E-state index contributed by atoms with van der Waals surface area (Å²) in [5, 5.41) is 3.47. The standard InChI is InChI=1S/C12H18N4O2S/c1-8-7-10(17)15-12(14-8)19-9(2)11(18)16-5-3-13-4-6-16/h7,9,13H,3-6H2,1-2H3,(H,14,15,17). The van der Waals surface area contributed by atoms with Crippen LogP contribution in [0.5, 0.6) is 0 Å². The van der Waals surface area contributed by atoms with E-state index in [2.05, 4.69) is 15.3 Å². The molecule has 2 rings (SSSR count). The smallest absolute Gasteiger partial charge is 0.251 e. The summed E-state index contributed by atoms with van der Waals surface area (Å²) < 4.78 is 0. The highest BCUT2D eigenvalue weighted by Gasteiger charge is 2.23. The molecular weight excluding hydrogens is 264 g/mol. The Balaban J connectivity index is 2.01. The number of hydrogen-bond donors (Lipinski definition) is 2. The molecule has 0 bridgehead atoms. The number of aromatic nitrogens is 2. The highest BCUT2D eigenvalue weighted by Crippen LogP contribution is 2.20. The van der Waals surface area contributed by atoms with Gasteiger partial charge in [-0.15, -0.1) is 0 Å². The van der Waals surface area contributed by atoms with Crippen molar-refractivity contribution < 1.29 is 4.79 Å². The van der Waals surface area contributed by atoms with Gasteiger partial charge < -0.3 is 15.2 Å². The molecule has 0 saturated carbocycles. The maximum absolute atomic E-state index is 12.2. The van der Waals surface area contributed by atoms with Crippen molar-refractivity contribution in [2.45, 2.75) is 24.3 Å². The minimum atomic E-state index is -0.247. The maximum Gasteiger partial charge on any atom is 0.251 e. The number of amides is 1. The highest BCUT2D eigenvalue weighted by atomic mass is 32.2. The van der Waals surface area contributed by atoms with E-state index in [0.29, 0.717) is 10.9 Å². The van der Waals surface area contributed by atoms with Crippen LogP contribution in [0.2, 0.25) is 0 Å². The Bertz CT molecular complexity index is 511. The van der Waals surface area contributed by atoms with Crippen LogP contribution in [0.1, 0.15) is 12.6 Å². The van der Waals surface area contributed by atoms with Crippen LogP contribution in [0.4, 0.5) is 0 Å². The predicted molar refractivity (Wildman–Crippen MR) is 74.4 cm³/mol. The van der Waals surface area contributed by atoms with E-state index in [9.17, 15) is 9.59 Å². The number of H-pyrrole nitrogens is 1. The van der Waals surface area contributed by atoms with Crippen molar-refractivity contribution in [1.29, 1.82) is 0 Å². The molecule has 1 atom stereocenters. The summed E-state index contributed by atoms with van der Waals surface area (Å²) in [4.78, 5) is 32.3. The third kappa shape index (κ3) is 3.81. The number of aromatic amines is 1. The Kier molecular flexibility index (Phi) is 4.60. The molecule has 1 amide bonds. The molecule has 1 aromatic rings. The number of aryl methyl sites for hydroxylation is 1. The molecule has 0 aliphatic carbocycles. The van der Waals surface area contributed by atoms with E-state index < -0.39 is 0 Å². The Morgan fingerprint density at radius 1 is 1.47 bits per heavy atom. The number of hydrogen-bond acceptors (Lipinski definition) is 5. The number of piperazine rings is 1. The van der Waals surface area contributed by atoms with E-state index in [1.807, 2.05) is 11.8 Å². The highest BCUT2D eigenvalue weighted by molar-refractivity contribution is 8.00. The van der Waals surface area contributed by atoms with E-state index in [1.165, 1.54) is 17.8 Å². The Morgan fingerprint density at radius 3 is 2.79 bits per heavy atom. The molecule has 1 fully saturated rings. The normalized spacial score (nSPS) is 17.3. The second-order valence-electron chi connectivity index (χ2n) is 4.53. The lowest BCUT2D eigenvalue weighted by molar-refractivity contribution is -0.130. The average molecular weight is 282 g/mol. The van der Waals surface area contributed by atoms with Gasteiger partial charge in [-0.1, -0.05) is 11.8 Å². The van der Waals surface area contributed by atoms with Crippen molar-refractivity contribution in [2.24, 2.45) is 0 Å². The third-order valence-corrected chi connectivity index (χ3v) is 3.88. The van der Waals surface area contributed by atoms with Crippen LogP contribution in [0, 0.1) is 6.92 Å². The molecule has 6 nitrogen and oxygen atoms in total. The summed E-state index contributed by atoms with van der Waals surface area (Å²) in [6, 6.07) is 1.44. The topological polar surface area (TPSA) is 78.1 Å². The molecular formula is C12H18N4O2S. The van der Waals surface area contributed by atoms with Crippen LogP contribution in [-0.4, -0.2) is 52.2 Å². The van der Waals surface area contributed by atoms with Crippen molar-refractivity contribution in [3.63, 3.8) is 0 Å². The zero-order chi connectivity index (χ0) is 13.8. The fraction of sp³-hybridized carbons (Fsp3) is 0.583. The summed E-state index contributed by atoms with van der Waals surface area (Å²) in [5.41, 5.74) is 0.477. The summed E-state index contributed by atoms with van der Waals surface area (Å²) in [6.07, 6.45) is 0. The first-order chi connectivity index (χ1) is 9.06. The largest absolute Gasteiger partial charge is 0.339 e. The lowest BCUT2D eigenvalue weighted by Gasteiger charge is -2.29. The summed E-state index contributed by atoms with van der Waals surface area (Å²) in [6.45, 7) is 6.76. The number of carbonyl (C=O) groups is 1. The average Bonchev–Trinajstić information content (AvgIpc) is 2.37. The maximum atomic E-state index is 12.2. The second kappa shape index (κ2) is 6.21. The third-order valence-electron chi connectivity index (χ3n) is 2.91. The molecule has 1 saturated heterocycles. The molecule has 1 aliphatic rings. The first-order valence-electron chi connectivity index (χ1n) is 6.30. The fourth-order valence-corrected chi connectivity index (χ4v) is 2.91. The van der Waals surface area contributed by atoms with Crippen molar-refractivity contribution in [2.75, 3.05) is 26.2 Å². The molecule has 104 valence electrons. The fourth-order valence-electron chi connectivity index (χ4n) is 1.97. The summed E-state index contributed by atoms with van der Waals surface area (Å²) >= 11 is 1.30. The molecule has 2 N–H and O–H groups in total. The van der Waals surface area contributed by atoms with Crippen LogP contribution in [0.3, 0.4) is 0 Å². The van der Waals surface area contributed by atoms with Gasteiger partial charge in [0.25, 0.3) is 5.56 Å². The molecule has 1 aromatic heterocycles. The number of nitrogens with one attached hydrogen (secondary N) is 2. The SMILES string of the molecule is Cc1cc(=O)[nH]c(SC(C)C(=O)N2CCNCC2)n1. The van der Waals surface area contributed by atoms with Crippen LogP contribution in [0.25, 0.3) is 0 Å². The molecule has 19 heavy (non-hydrogen) atoms. The van der Waals surface area contributed by atoms with Gasteiger partial charge in [-0.3, -0.25) is 9.59 Å².